The second-order valence-electron chi connectivity index (χ2n) is 4.65. The zero-order valence-corrected chi connectivity index (χ0v) is 10.1. The average Bonchev–Trinajstić information content (AvgIpc) is 3.20. The molecule has 3 rings (SSSR count). The van der Waals surface area contributed by atoms with Gasteiger partial charge in [0.2, 0.25) is 0 Å². The van der Waals surface area contributed by atoms with E-state index in [2.05, 4.69) is 34.1 Å². The first-order valence-corrected chi connectivity index (χ1v) is 6.22. The molecule has 1 N–H and O–H groups in total. The number of aromatic nitrogens is 1. The van der Waals surface area contributed by atoms with E-state index in [1.807, 2.05) is 24.3 Å². The quantitative estimate of drug-likeness (QED) is 0.832. The van der Waals surface area contributed by atoms with Gasteiger partial charge in [-0.2, -0.15) is 0 Å². The van der Waals surface area contributed by atoms with E-state index in [4.69, 9.17) is 0 Å². The first-order valence-electron chi connectivity index (χ1n) is 6.22. The molecule has 2 aromatic rings. The van der Waals surface area contributed by atoms with E-state index in [0.717, 1.165) is 12.2 Å². The van der Waals surface area contributed by atoms with Gasteiger partial charge in [-0.1, -0.05) is 36.4 Å². The van der Waals surface area contributed by atoms with Gasteiger partial charge in [-0.15, -0.1) is 0 Å². The first kappa shape index (κ1) is 11.4. The Morgan fingerprint density at radius 1 is 1.17 bits per heavy atom. The van der Waals surface area contributed by atoms with E-state index in [-0.39, 0.29) is 0 Å². The molecule has 1 aromatic heterocycles. The van der Waals surface area contributed by atoms with Gasteiger partial charge >= 0.3 is 0 Å². The van der Waals surface area contributed by atoms with Crippen LogP contribution < -0.4 is 0 Å². The molecule has 0 bridgehead atoms. The predicted octanol–water partition coefficient (Wildman–Crippen LogP) is 2.17. The van der Waals surface area contributed by atoms with Crippen molar-refractivity contribution in [2.45, 2.75) is 12.1 Å². The molecule has 0 saturated carbocycles. The zero-order valence-electron chi connectivity index (χ0n) is 10.1. The summed E-state index contributed by atoms with van der Waals surface area (Å²) in [5, 5.41) is 10.1. The molecule has 92 valence electrons. The van der Waals surface area contributed by atoms with Crippen molar-refractivity contribution in [3.8, 4) is 0 Å². The highest BCUT2D eigenvalue weighted by molar-refractivity contribution is 5.24. The largest absolute Gasteiger partial charge is 0.385 e. The highest BCUT2D eigenvalue weighted by Crippen LogP contribution is 2.35. The van der Waals surface area contributed by atoms with Crippen LogP contribution in [0.15, 0.2) is 54.7 Å². The molecule has 0 spiro atoms. The average molecular weight is 240 g/mol. The maximum Gasteiger partial charge on any atom is 0.109 e. The Kier molecular flexibility index (Phi) is 3.09. The third-order valence-electron chi connectivity index (χ3n) is 3.34. The number of hydrogen-bond acceptors (Lipinski definition) is 3. The van der Waals surface area contributed by atoms with Gasteiger partial charge in [0.1, 0.15) is 6.10 Å². The van der Waals surface area contributed by atoms with Gasteiger partial charge in [-0.3, -0.25) is 9.88 Å². The van der Waals surface area contributed by atoms with Crippen molar-refractivity contribution in [2.24, 2.45) is 0 Å². The first-order chi connectivity index (χ1) is 8.84. The Bertz CT molecular complexity index is 500. The molecular formula is C15H16N2O. The van der Waals surface area contributed by atoms with E-state index in [0.29, 0.717) is 12.6 Å². The Morgan fingerprint density at radius 3 is 2.67 bits per heavy atom. The van der Waals surface area contributed by atoms with Gasteiger partial charge < -0.3 is 5.11 Å². The van der Waals surface area contributed by atoms with Crippen LogP contribution in [0.3, 0.4) is 0 Å². The number of rotatable bonds is 4. The van der Waals surface area contributed by atoms with Gasteiger partial charge in [0.05, 0.1) is 5.69 Å². The minimum Gasteiger partial charge on any atom is -0.385 e. The zero-order chi connectivity index (χ0) is 12.4. The molecule has 0 amide bonds. The van der Waals surface area contributed by atoms with Crippen molar-refractivity contribution in [1.29, 1.82) is 0 Å². The van der Waals surface area contributed by atoms with Gasteiger partial charge in [-0.25, -0.2) is 0 Å². The summed E-state index contributed by atoms with van der Waals surface area (Å²) in [4.78, 5) is 6.44. The van der Waals surface area contributed by atoms with E-state index in [1.54, 1.807) is 6.20 Å². The van der Waals surface area contributed by atoms with Crippen molar-refractivity contribution in [3.05, 3.63) is 66.0 Å². The topological polar surface area (TPSA) is 36.1 Å². The summed E-state index contributed by atoms with van der Waals surface area (Å²) in [5.41, 5.74) is 2.07. The van der Waals surface area contributed by atoms with Crippen LogP contribution in [0.5, 0.6) is 0 Å². The summed E-state index contributed by atoms with van der Waals surface area (Å²) in [6, 6.07) is 16.5. The van der Waals surface area contributed by atoms with Crippen LogP contribution in [0.25, 0.3) is 0 Å². The lowest BCUT2D eigenvalue weighted by atomic mass is 10.1. The molecule has 1 saturated heterocycles. The van der Waals surface area contributed by atoms with Crippen molar-refractivity contribution in [2.75, 3.05) is 13.1 Å². The van der Waals surface area contributed by atoms with Crippen LogP contribution >= 0.6 is 0 Å². The number of hydrogen-bond donors (Lipinski definition) is 1. The van der Waals surface area contributed by atoms with Crippen LogP contribution in [-0.2, 0) is 0 Å². The van der Waals surface area contributed by atoms with Crippen LogP contribution in [-0.4, -0.2) is 28.1 Å². The van der Waals surface area contributed by atoms with E-state index in [1.165, 1.54) is 5.56 Å². The monoisotopic (exact) mass is 240 g/mol. The highest BCUT2D eigenvalue weighted by atomic mass is 16.3. The molecule has 1 aliphatic rings. The predicted molar refractivity (Wildman–Crippen MR) is 70.0 cm³/mol. The number of aliphatic hydroxyl groups excluding tert-OH is 1. The normalized spacial score (nSPS) is 23.6. The maximum absolute atomic E-state index is 10.1. The van der Waals surface area contributed by atoms with Gasteiger partial charge in [0.15, 0.2) is 0 Å². The number of β-amino-alcohol motifs (C(OH)–C–C–N with tert-alkyl or cyclic N) is 1. The Hall–Kier alpha value is -1.71. The fourth-order valence-electron chi connectivity index (χ4n) is 2.26. The number of benzene rings is 1. The lowest BCUT2D eigenvalue weighted by Crippen LogP contribution is -2.13. The van der Waals surface area contributed by atoms with Gasteiger partial charge in [-0.05, 0) is 17.7 Å². The van der Waals surface area contributed by atoms with Crippen molar-refractivity contribution in [1.82, 2.24) is 9.88 Å². The third-order valence-corrected chi connectivity index (χ3v) is 3.34. The Balaban J connectivity index is 1.60. The fourth-order valence-corrected chi connectivity index (χ4v) is 2.26. The molecule has 1 fully saturated rings. The molecule has 3 nitrogen and oxygen atoms in total. The minimum atomic E-state index is -0.500. The van der Waals surface area contributed by atoms with E-state index < -0.39 is 6.10 Å². The van der Waals surface area contributed by atoms with Crippen molar-refractivity contribution in [3.63, 3.8) is 0 Å². The summed E-state index contributed by atoms with van der Waals surface area (Å²) in [7, 11) is 0. The molecule has 0 aliphatic carbocycles. The standard InChI is InChI=1S/C15H16N2O/c18-15(13-8-4-5-9-16-13)11-17-10-14(17)12-6-2-1-3-7-12/h1-9,14-15,18H,10-11H2. The molecule has 18 heavy (non-hydrogen) atoms. The smallest absolute Gasteiger partial charge is 0.109 e. The molecule has 3 unspecified atom stereocenters. The lowest BCUT2D eigenvalue weighted by molar-refractivity contribution is 0.148. The number of nitrogens with zero attached hydrogens (tertiary/aromatic N) is 2. The lowest BCUT2D eigenvalue weighted by Gasteiger charge is -2.11. The molecular weight excluding hydrogens is 224 g/mol. The van der Waals surface area contributed by atoms with Gasteiger partial charge in [0, 0.05) is 25.3 Å². The molecule has 2 heterocycles. The van der Waals surface area contributed by atoms with Crippen LogP contribution in [0.4, 0.5) is 0 Å². The van der Waals surface area contributed by atoms with Crippen LogP contribution in [0.2, 0.25) is 0 Å². The summed E-state index contributed by atoms with van der Waals surface area (Å²) in [6.45, 7) is 1.67. The van der Waals surface area contributed by atoms with Crippen molar-refractivity contribution < 1.29 is 5.11 Å². The van der Waals surface area contributed by atoms with E-state index >= 15 is 0 Å². The van der Waals surface area contributed by atoms with Gasteiger partial charge in [0.25, 0.3) is 0 Å². The Morgan fingerprint density at radius 2 is 1.94 bits per heavy atom. The third kappa shape index (κ3) is 2.42. The second-order valence-corrected chi connectivity index (χ2v) is 4.65. The second kappa shape index (κ2) is 4.88. The Labute approximate surface area is 107 Å². The molecule has 3 heteroatoms. The summed E-state index contributed by atoms with van der Waals surface area (Å²) in [6.07, 6.45) is 1.22. The van der Waals surface area contributed by atoms with E-state index in [9.17, 15) is 5.11 Å². The minimum absolute atomic E-state index is 0.463. The molecule has 3 atom stereocenters. The highest BCUT2D eigenvalue weighted by Gasteiger charge is 2.36. The SMILES string of the molecule is OC(CN1CC1c1ccccc1)c1ccccn1. The number of aliphatic hydroxyl groups is 1. The molecule has 1 aliphatic heterocycles. The summed E-state index contributed by atoms with van der Waals surface area (Å²) in [5.74, 6) is 0. The van der Waals surface area contributed by atoms with Crippen LogP contribution in [0, 0.1) is 0 Å². The fraction of sp³-hybridized carbons (Fsp3) is 0.267. The van der Waals surface area contributed by atoms with Crippen LogP contribution in [0.1, 0.15) is 23.4 Å². The maximum atomic E-state index is 10.1. The molecule has 0 radical (unpaired) electrons. The summed E-state index contributed by atoms with van der Waals surface area (Å²) >= 11 is 0. The summed E-state index contributed by atoms with van der Waals surface area (Å²) < 4.78 is 0. The van der Waals surface area contributed by atoms with Crippen molar-refractivity contribution >= 4 is 0 Å². The number of pyridine rings is 1. The molecule has 1 aromatic carbocycles.